The Morgan fingerprint density at radius 3 is 2.00 bits per heavy atom. The summed E-state index contributed by atoms with van der Waals surface area (Å²) in [7, 11) is 0. The number of hydrogen-bond acceptors (Lipinski definition) is 5. The molecule has 0 amide bonds. The van der Waals surface area contributed by atoms with Crippen molar-refractivity contribution in [3.05, 3.63) is 0 Å². The summed E-state index contributed by atoms with van der Waals surface area (Å²) in [5.74, 6) is 0. The van der Waals surface area contributed by atoms with E-state index in [-0.39, 0.29) is 6.54 Å². The van der Waals surface area contributed by atoms with E-state index in [9.17, 15) is 0 Å². The molecule has 0 spiro atoms. The molecule has 0 aliphatic rings. The predicted molar refractivity (Wildman–Crippen MR) is 30.4 cm³/mol. The summed E-state index contributed by atoms with van der Waals surface area (Å²) in [4.78, 5) is 0. The normalized spacial score (nSPS) is 14.6. The second-order valence-electron chi connectivity index (χ2n) is 1.50. The van der Waals surface area contributed by atoms with E-state index in [1.807, 2.05) is 0 Å². The van der Waals surface area contributed by atoms with Crippen molar-refractivity contribution in [2.75, 3.05) is 6.54 Å². The van der Waals surface area contributed by atoms with Crippen LogP contribution in [0.2, 0.25) is 0 Å². The Balaban J connectivity index is 2.93. The minimum atomic E-state index is -0.885. The van der Waals surface area contributed by atoms with Gasteiger partial charge in [0.1, 0.15) is 12.5 Å². The Kier molecular flexibility index (Phi) is 3.67. The molecule has 0 bridgehead atoms. The fourth-order valence-corrected chi connectivity index (χ4v) is 0.257. The highest BCUT2D eigenvalue weighted by Gasteiger charge is 1.95. The third-order valence-corrected chi connectivity index (χ3v) is 0.563. The first-order chi connectivity index (χ1) is 3.63. The number of aliphatic hydroxyl groups is 1. The zero-order valence-corrected chi connectivity index (χ0v) is 4.54. The molecule has 0 saturated heterocycles. The summed E-state index contributed by atoms with van der Waals surface area (Å²) in [6.45, 7) is 0.220. The van der Waals surface area contributed by atoms with Gasteiger partial charge >= 0.3 is 0 Å². The van der Waals surface area contributed by atoms with Crippen LogP contribution in [0.25, 0.3) is 0 Å². The number of rotatable bonds is 3. The molecule has 0 aromatic rings. The van der Waals surface area contributed by atoms with Gasteiger partial charge in [0.05, 0.1) is 0 Å². The van der Waals surface area contributed by atoms with Gasteiger partial charge in [0.15, 0.2) is 0 Å². The number of nitrogens with one attached hydrogen (secondary N) is 1. The topological polar surface area (TPSA) is 110 Å². The summed E-state index contributed by atoms with van der Waals surface area (Å²) >= 11 is 0. The van der Waals surface area contributed by atoms with Gasteiger partial charge in [0.2, 0.25) is 0 Å². The van der Waals surface area contributed by atoms with Crippen molar-refractivity contribution in [3.63, 3.8) is 0 Å². The highest BCUT2D eigenvalue weighted by atomic mass is 16.3. The molecule has 50 valence electrons. The Morgan fingerprint density at radius 1 is 1.38 bits per heavy atom. The van der Waals surface area contributed by atoms with E-state index in [4.69, 9.17) is 22.3 Å². The first-order valence-corrected chi connectivity index (χ1v) is 2.31. The lowest BCUT2D eigenvalue weighted by molar-refractivity contribution is 0.174. The Bertz CT molecular complexity index is 47.2. The van der Waals surface area contributed by atoms with Crippen molar-refractivity contribution in [2.24, 2.45) is 17.2 Å². The lowest BCUT2D eigenvalue weighted by atomic mass is 10.6. The lowest BCUT2D eigenvalue weighted by Crippen LogP contribution is -2.49. The van der Waals surface area contributed by atoms with Gasteiger partial charge in [-0.1, -0.05) is 0 Å². The average molecular weight is 120 g/mol. The second kappa shape index (κ2) is 3.76. The van der Waals surface area contributed by atoms with E-state index in [0.717, 1.165) is 0 Å². The summed E-state index contributed by atoms with van der Waals surface area (Å²) in [5, 5.41) is 10.9. The molecule has 8 N–H and O–H groups in total. The van der Waals surface area contributed by atoms with Crippen molar-refractivity contribution in [1.29, 1.82) is 0 Å². The molecule has 5 heteroatoms. The molecule has 0 radical (unpaired) electrons. The molecule has 5 nitrogen and oxygen atoms in total. The summed E-state index contributed by atoms with van der Waals surface area (Å²) in [6, 6.07) is 0. The fourth-order valence-electron chi connectivity index (χ4n) is 0.257. The number of nitrogens with two attached hydrogens (primary N) is 3. The van der Waals surface area contributed by atoms with E-state index < -0.39 is 12.5 Å². The molecule has 0 aromatic heterocycles. The molecule has 0 fully saturated rings. The van der Waals surface area contributed by atoms with Gasteiger partial charge in [-0.25, -0.2) is 0 Å². The van der Waals surface area contributed by atoms with Crippen LogP contribution in [0, 0.1) is 0 Å². The zero-order valence-electron chi connectivity index (χ0n) is 4.54. The largest absolute Gasteiger partial charge is 0.377 e. The van der Waals surface area contributed by atoms with Crippen LogP contribution in [0.5, 0.6) is 0 Å². The van der Waals surface area contributed by atoms with Crippen LogP contribution in [0.3, 0.4) is 0 Å². The van der Waals surface area contributed by atoms with Crippen LogP contribution in [-0.2, 0) is 0 Å². The summed E-state index contributed by atoms with van der Waals surface area (Å²) in [5.41, 5.74) is 15.0. The monoisotopic (exact) mass is 120 g/mol. The van der Waals surface area contributed by atoms with Crippen molar-refractivity contribution in [3.8, 4) is 0 Å². The lowest BCUT2D eigenvalue weighted by Gasteiger charge is -2.08. The third-order valence-electron chi connectivity index (χ3n) is 0.563. The molecule has 0 rings (SSSR count). The Morgan fingerprint density at radius 2 is 1.88 bits per heavy atom. The maximum absolute atomic E-state index is 8.41. The number of aliphatic hydroxyl groups excluding tert-OH is 1. The molecule has 8 heavy (non-hydrogen) atoms. The fraction of sp³-hybridized carbons (Fsp3) is 1.00. The maximum atomic E-state index is 8.41. The summed E-state index contributed by atoms with van der Waals surface area (Å²) < 4.78 is 0. The highest BCUT2D eigenvalue weighted by Crippen LogP contribution is 1.62. The van der Waals surface area contributed by atoms with E-state index in [1.165, 1.54) is 0 Å². The number of hydrogen-bond donors (Lipinski definition) is 5. The van der Waals surface area contributed by atoms with Crippen LogP contribution in [0.1, 0.15) is 0 Å². The van der Waals surface area contributed by atoms with Crippen LogP contribution >= 0.6 is 0 Å². The molecule has 1 unspecified atom stereocenters. The van der Waals surface area contributed by atoms with Crippen LogP contribution in [0.4, 0.5) is 0 Å². The van der Waals surface area contributed by atoms with E-state index in [1.54, 1.807) is 0 Å². The quantitative estimate of drug-likeness (QED) is 0.256. The van der Waals surface area contributed by atoms with Gasteiger partial charge in [-0.05, 0) is 0 Å². The van der Waals surface area contributed by atoms with Crippen molar-refractivity contribution >= 4 is 0 Å². The molecule has 0 aliphatic carbocycles. The molecule has 0 heterocycles. The predicted octanol–water partition coefficient (Wildman–Crippen LogP) is -2.95. The van der Waals surface area contributed by atoms with Crippen molar-refractivity contribution in [1.82, 2.24) is 5.32 Å². The van der Waals surface area contributed by atoms with Gasteiger partial charge in [-0.3, -0.25) is 5.32 Å². The first kappa shape index (κ1) is 7.80. The third kappa shape index (κ3) is 5.80. The van der Waals surface area contributed by atoms with E-state index in [2.05, 4.69) is 5.32 Å². The van der Waals surface area contributed by atoms with Gasteiger partial charge in [-0.2, -0.15) is 0 Å². The van der Waals surface area contributed by atoms with Crippen molar-refractivity contribution < 1.29 is 5.11 Å². The van der Waals surface area contributed by atoms with Gasteiger partial charge in [0.25, 0.3) is 0 Å². The molecule has 0 aromatic carbocycles. The highest BCUT2D eigenvalue weighted by molar-refractivity contribution is 4.52. The van der Waals surface area contributed by atoms with Crippen LogP contribution in [-0.4, -0.2) is 24.2 Å². The smallest absolute Gasteiger partial charge is 0.115 e. The first-order valence-electron chi connectivity index (χ1n) is 2.31. The van der Waals surface area contributed by atoms with Crippen LogP contribution < -0.4 is 22.5 Å². The van der Waals surface area contributed by atoms with Gasteiger partial charge in [-0.15, -0.1) is 0 Å². The zero-order chi connectivity index (χ0) is 6.57. The molecule has 0 aliphatic heterocycles. The maximum Gasteiger partial charge on any atom is 0.115 e. The Labute approximate surface area is 47.8 Å². The SMILES string of the molecule is NC(O)CNC(N)N. The molecule has 1 atom stereocenters. The molecule has 0 saturated carbocycles. The standard InChI is InChI=1S/C3H12N4O/c4-2(8)1-7-3(5)6/h2-3,7-8H,1,4-6H2. The van der Waals surface area contributed by atoms with E-state index >= 15 is 0 Å². The van der Waals surface area contributed by atoms with E-state index in [0.29, 0.717) is 0 Å². The minimum absolute atomic E-state index is 0.220. The van der Waals surface area contributed by atoms with Crippen molar-refractivity contribution in [2.45, 2.75) is 12.5 Å². The second-order valence-corrected chi connectivity index (χ2v) is 1.50. The summed E-state index contributed by atoms with van der Waals surface area (Å²) in [6.07, 6.45) is -1.49. The molecular weight excluding hydrogens is 108 g/mol. The molecular formula is C3H12N4O. The Hall–Kier alpha value is -0.200. The van der Waals surface area contributed by atoms with Gasteiger partial charge in [0, 0.05) is 6.54 Å². The minimum Gasteiger partial charge on any atom is -0.377 e. The van der Waals surface area contributed by atoms with Crippen LogP contribution in [0.15, 0.2) is 0 Å². The van der Waals surface area contributed by atoms with Gasteiger partial charge < -0.3 is 22.3 Å². The average Bonchev–Trinajstić information content (AvgIpc) is 1.61.